The monoisotopic (exact) mass is 176 g/mol. The predicted octanol–water partition coefficient (Wildman–Crippen LogP) is 0.699. The molecule has 0 saturated heterocycles. The fourth-order valence-corrected chi connectivity index (χ4v) is 0.580. The maximum atomic E-state index is 9.75. The number of pyridine rings is 1. The lowest BCUT2D eigenvalue weighted by molar-refractivity contribution is 0.111. The van der Waals surface area contributed by atoms with Crippen molar-refractivity contribution in [3.8, 4) is 0 Å². The number of hydrogen-bond acceptors (Lipinski definition) is 4. The molecule has 5 nitrogen and oxygen atoms in total. The summed E-state index contributed by atoms with van der Waals surface area (Å²) in [6.07, 6.45) is 5.48. The second-order valence-electron chi connectivity index (χ2n) is 2.04. The fourth-order valence-electron chi connectivity index (χ4n) is 0.580. The van der Waals surface area contributed by atoms with E-state index < -0.39 is 0 Å². The molecule has 66 valence electrons. The predicted molar refractivity (Wildman–Crippen MR) is 46.0 cm³/mol. The Hall–Kier alpha value is -2.04. The number of hydrogen-bond donors (Lipinski definition) is 1. The molecular weight excluding hydrogens is 168 g/mol. The van der Waals surface area contributed by atoms with Gasteiger partial charge < -0.3 is 0 Å². The van der Waals surface area contributed by atoms with Gasteiger partial charge in [-0.25, -0.2) is 0 Å². The van der Waals surface area contributed by atoms with Gasteiger partial charge in [0.2, 0.25) is 0 Å². The minimum atomic E-state index is 0.333. The second kappa shape index (κ2) is 5.59. The van der Waals surface area contributed by atoms with Crippen LogP contribution in [0.15, 0.2) is 36.8 Å². The van der Waals surface area contributed by atoms with Crippen molar-refractivity contribution in [2.75, 3.05) is 0 Å². The van der Waals surface area contributed by atoms with Gasteiger partial charge in [-0.1, -0.05) is 6.07 Å². The Morgan fingerprint density at radius 1 is 1.23 bits per heavy atom. The zero-order chi connectivity index (χ0) is 9.36. The highest BCUT2D eigenvalue weighted by Crippen LogP contribution is 1.76. The minimum Gasteiger partial charge on any atom is -0.296 e. The molecule has 5 heteroatoms. The zero-order valence-electron chi connectivity index (χ0n) is 6.79. The van der Waals surface area contributed by atoms with Crippen LogP contribution in [0.2, 0.25) is 0 Å². The molecule has 0 amide bonds. The number of aromatic nitrogens is 4. The summed E-state index contributed by atoms with van der Waals surface area (Å²) in [5, 5.41) is 9.11. The van der Waals surface area contributed by atoms with E-state index in [4.69, 9.17) is 0 Å². The third-order valence-electron chi connectivity index (χ3n) is 1.12. The topological polar surface area (TPSA) is 71.5 Å². The summed E-state index contributed by atoms with van der Waals surface area (Å²) in [5.74, 6) is 0. The first kappa shape index (κ1) is 9.05. The molecule has 13 heavy (non-hydrogen) atoms. The van der Waals surface area contributed by atoms with Crippen molar-refractivity contribution in [3.63, 3.8) is 0 Å². The Balaban J connectivity index is 0.000000132. The molecule has 2 rings (SSSR count). The molecule has 0 unspecified atom stereocenters. The van der Waals surface area contributed by atoms with Crippen LogP contribution in [0.5, 0.6) is 0 Å². The Morgan fingerprint density at radius 3 is 2.23 bits per heavy atom. The Bertz CT molecular complexity index is 292. The average Bonchev–Trinajstić information content (AvgIpc) is 2.74. The normalized spacial score (nSPS) is 8.31. The molecular formula is C8H8N4O. The molecule has 0 radical (unpaired) electrons. The molecule has 2 aromatic heterocycles. The molecule has 1 N–H and O–H groups in total. The van der Waals surface area contributed by atoms with E-state index in [1.807, 2.05) is 18.2 Å². The largest absolute Gasteiger partial charge is 0.296 e. The number of nitrogens with one attached hydrogen (secondary N) is 1. The molecule has 2 aromatic rings. The van der Waals surface area contributed by atoms with Crippen LogP contribution in [0, 0.1) is 0 Å². The number of H-pyrrole nitrogens is 1. The molecule has 0 aliphatic heterocycles. The average molecular weight is 176 g/mol. The lowest BCUT2D eigenvalue weighted by atomic mass is 10.5. The van der Waals surface area contributed by atoms with Crippen molar-refractivity contribution < 1.29 is 4.79 Å². The SMILES string of the molecule is O=Cc1cn[nH]n1.c1ccncc1. The van der Waals surface area contributed by atoms with Crippen LogP contribution < -0.4 is 0 Å². The number of aromatic amines is 1. The number of nitrogens with zero attached hydrogens (tertiary/aromatic N) is 3. The summed E-state index contributed by atoms with van der Waals surface area (Å²) in [6.45, 7) is 0. The first-order valence-corrected chi connectivity index (χ1v) is 3.59. The summed E-state index contributed by atoms with van der Waals surface area (Å²) in [4.78, 5) is 13.5. The highest BCUT2D eigenvalue weighted by atomic mass is 16.1. The van der Waals surface area contributed by atoms with Gasteiger partial charge in [-0.3, -0.25) is 9.78 Å². The van der Waals surface area contributed by atoms with Crippen molar-refractivity contribution >= 4 is 6.29 Å². The van der Waals surface area contributed by atoms with Crippen molar-refractivity contribution in [1.29, 1.82) is 0 Å². The van der Waals surface area contributed by atoms with E-state index >= 15 is 0 Å². The quantitative estimate of drug-likeness (QED) is 0.649. The summed E-state index contributed by atoms with van der Waals surface area (Å²) >= 11 is 0. The molecule has 0 atom stereocenters. The van der Waals surface area contributed by atoms with Crippen molar-refractivity contribution in [2.24, 2.45) is 0 Å². The Morgan fingerprint density at radius 2 is 2.00 bits per heavy atom. The van der Waals surface area contributed by atoms with Crippen molar-refractivity contribution in [3.05, 3.63) is 42.5 Å². The zero-order valence-corrected chi connectivity index (χ0v) is 6.79. The number of rotatable bonds is 1. The molecule has 2 heterocycles. The summed E-state index contributed by atoms with van der Waals surface area (Å²) in [6, 6.07) is 5.72. The van der Waals surface area contributed by atoms with Crippen LogP contribution in [-0.2, 0) is 0 Å². The number of carbonyl (C=O) groups excluding carboxylic acids is 1. The van der Waals surface area contributed by atoms with Gasteiger partial charge in [0.05, 0.1) is 6.20 Å². The Labute approximate surface area is 74.8 Å². The highest BCUT2D eigenvalue weighted by Gasteiger charge is 1.85. The van der Waals surface area contributed by atoms with Crippen molar-refractivity contribution in [2.45, 2.75) is 0 Å². The highest BCUT2D eigenvalue weighted by molar-refractivity contribution is 5.70. The van der Waals surface area contributed by atoms with E-state index in [9.17, 15) is 4.79 Å². The second-order valence-corrected chi connectivity index (χ2v) is 2.04. The van der Waals surface area contributed by atoms with Gasteiger partial charge in [-0.15, -0.1) is 0 Å². The number of carbonyl (C=O) groups is 1. The van der Waals surface area contributed by atoms with Gasteiger partial charge in [0.25, 0.3) is 0 Å². The number of aldehydes is 1. The van der Waals surface area contributed by atoms with Gasteiger partial charge >= 0.3 is 0 Å². The van der Waals surface area contributed by atoms with Gasteiger partial charge in [0.1, 0.15) is 5.69 Å². The first-order chi connectivity index (χ1) is 6.43. The van der Waals surface area contributed by atoms with Crippen LogP contribution in [0.1, 0.15) is 10.5 Å². The molecule has 0 aliphatic rings. The summed E-state index contributed by atoms with van der Waals surface area (Å²) in [7, 11) is 0. The van der Waals surface area contributed by atoms with E-state index in [1.165, 1.54) is 6.20 Å². The van der Waals surface area contributed by atoms with E-state index in [0.717, 1.165) is 0 Å². The van der Waals surface area contributed by atoms with Crippen LogP contribution in [0.3, 0.4) is 0 Å². The van der Waals surface area contributed by atoms with Gasteiger partial charge in [0.15, 0.2) is 6.29 Å². The standard InChI is InChI=1S/C5H5N.C3H3N3O/c1-2-4-6-5-3-1;7-2-3-1-4-6-5-3/h1-5H;1-2H,(H,4,5,6). The van der Waals surface area contributed by atoms with Gasteiger partial charge in [-0.05, 0) is 12.1 Å². The molecule has 0 aliphatic carbocycles. The maximum absolute atomic E-state index is 9.75. The maximum Gasteiger partial charge on any atom is 0.171 e. The van der Waals surface area contributed by atoms with Crippen LogP contribution in [0.4, 0.5) is 0 Å². The Kier molecular flexibility index (Phi) is 3.89. The molecule has 0 saturated carbocycles. The van der Waals surface area contributed by atoms with E-state index in [0.29, 0.717) is 12.0 Å². The van der Waals surface area contributed by atoms with Gasteiger partial charge in [0, 0.05) is 12.4 Å². The molecule has 0 aromatic carbocycles. The van der Waals surface area contributed by atoms with E-state index in [2.05, 4.69) is 20.4 Å². The lowest BCUT2D eigenvalue weighted by Crippen LogP contribution is -1.75. The molecule has 0 fully saturated rings. The molecule has 0 spiro atoms. The first-order valence-electron chi connectivity index (χ1n) is 3.59. The van der Waals surface area contributed by atoms with Crippen LogP contribution in [-0.4, -0.2) is 26.7 Å². The van der Waals surface area contributed by atoms with E-state index in [-0.39, 0.29) is 0 Å². The fraction of sp³-hybridized carbons (Fsp3) is 0. The lowest BCUT2D eigenvalue weighted by Gasteiger charge is -1.70. The van der Waals surface area contributed by atoms with Gasteiger partial charge in [-0.2, -0.15) is 15.4 Å². The van der Waals surface area contributed by atoms with E-state index in [1.54, 1.807) is 12.4 Å². The summed E-state index contributed by atoms with van der Waals surface area (Å²) < 4.78 is 0. The molecule has 0 bridgehead atoms. The van der Waals surface area contributed by atoms with Crippen LogP contribution in [0.25, 0.3) is 0 Å². The van der Waals surface area contributed by atoms with Crippen molar-refractivity contribution in [1.82, 2.24) is 20.4 Å². The van der Waals surface area contributed by atoms with Crippen LogP contribution >= 0.6 is 0 Å². The smallest absolute Gasteiger partial charge is 0.171 e. The minimum absolute atomic E-state index is 0.333. The third kappa shape index (κ3) is 3.76. The third-order valence-corrected chi connectivity index (χ3v) is 1.12. The summed E-state index contributed by atoms with van der Waals surface area (Å²) in [5.41, 5.74) is 0.333.